The van der Waals surface area contributed by atoms with Crippen molar-refractivity contribution < 1.29 is 4.79 Å². The molecule has 18 heavy (non-hydrogen) atoms. The van der Waals surface area contributed by atoms with Crippen molar-refractivity contribution in [1.82, 2.24) is 4.98 Å². The van der Waals surface area contributed by atoms with E-state index in [1.807, 2.05) is 42.5 Å². The number of hydrogen-bond donors (Lipinski definition) is 1. The minimum absolute atomic E-state index is 0.116. The van der Waals surface area contributed by atoms with Gasteiger partial charge in [0.2, 0.25) is 0 Å². The number of nitrogens with one attached hydrogen (secondary N) is 1. The summed E-state index contributed by atoms with van der Waals surface area (Å²) >= 11 is 1.48. The number of hydrogen-bond acceptors (Lipinski definition) is 3. The normalized spacial score (nSPS) is 10.4. The van der Waals surface area contributed by atoms with Crippen molar-refractivity contribution in [3.05, 3.63) is 59.6 Å². The Balaban J connectivity index is 1.88. The van der Waals surface area contributed by atoms with Gasteiger partial charge in [-0.25, -0.2) is 4.98 Å². The maximum absolute atomic E-state index is 12.0. The zero-order valence-electron chi connectivity index (χ0n) is 9.46. The van der Waals surface area contributed by atoms with Crippen molar-refractivity contribution >= 4 is 33.1 Å². The van der Waals surface area contributed by atoms with Crippen LogP contribution in [0.4, 0.5) is 5.82 Å². The summed E-state index contributed by atoms with van der Waals surface area (Å²) in [5.41, 5.74) is 0. The van der Waals surface area contributed by atoms with E-state index in [4.69, 9.17) is 0 Å². The maximum atomic E-state index is 12.0. The first-order chi connectivity index (χ1) is 8.83. The monoisotopic (exact) mass is 254 g/mol. The van der Waals surface area contributed by atoms with E-state index in [-0.39, 0.29) is 5.91 Å². The number of amides is 1. The fourth-order valence-corrected chi connectivity index (χ4v) is 2.67. The Labute approximate surface area is 108 Å². The Kier molecular flexibility index (Phi) is 2.78. The summed E-state index contributed by atoms with van der Waals surface area (Å²) in [6.45, 7) is 0. The molecular formula is C14H10N2OS. The predicted octanol–water partition coefficient (Wildman–Crippen LogP) is 3.55. The van der Waals surface area contributed by atoms with Crippen LogP contribution in [0.3, 0.4) is 0 Å². The fourth-order valence-electron chi connectivity index (χ4n) is 1.71. The number of carbonyl (C=O) groups is 1. The molecule has 3 nitrogen and oxygen atoms in total. The Morgan fingerprint density at radius 2 is 1.94 bits per heavy atom. The summed E-state index contributed by atoms with van der Waals surface area (Å²) < 4.78 is 1.11. The first kappa shape index (κ1) is 10.9. The van der Waals surface area contributed by atoms with Gasteiger partial charge in [0.25, 0.3) is 5.91 Å². The smallest absolute Gasteiger partial charge is 0.266 e. The number of anilines is 1. The summed E-state index contributed by atoms with van der Waals surface area (Å²) in [7, 11) is 0. The Bertz CT molecular complexity index is 658. The molecule has 0 atom stereocenters. The topological polar surface area (TPSA) is 42.0 Å². The van der Waals surface area contributed by atoms with E-state index in [0.29, 0.717) is 10.7 Å². The van der Waals surface area contributed by atoms with Gasteiger partial charge in [0, 0.05) is 10.9 Å². The van der Waals surface area contributed by atoms with Gasteiger partial charge in [-0.05, 0) is 29.7 Å². The Morgan fingerprint density at radius 1 is 1.11 bits per heavy atom. The van der Waals surface area contributed by atoms with E-state index < -0.39 is 0 Å². The van der Waals surface area contributed by atoms with Gasteiger partial charge in [-0.15, -0.1) is 11.3 Å². The predicted molar refractivity (Wildman–Crippen MR) is 74.0 cm³/mol. The number of thiophene rings is 1. The Morgan fingerprint density at radius 3 is 2.72 bits per heavy atom. The number of aromatic nitrogens is 1. The highest BCUT2D eigenvalue weighted by molar-refractivity contribution is 7.20. The highest BCUT2D eigenvalue weighted by atomic mass is 32.1. The van der Waals surface area contributed by atoms with Gasteiger partial charge in [0.15, 0.2) is 0 Å². The first-order valence-corrected chi connectivity index (χ1v) is 6.35. The molecule has 1 amide bonds. The number of pyridine rings is 1. The second-order valence-electron chi connectivity index (χ2n) is 3.82. The highest BCUT2D eigenvalue weighted by Crippen LogP contribution is 2.25. The summed E-state index contributed by atoms with van der Waals surface area (Å²) in [6, 6.07) is 15.3. The van der Waals surface area contributed by atoms with Gasteiger partial charge in [0.1, 0.15) is 5.82 Å². The molecule has 4 heteroatoms. The Hall–Kier alpha value is -2.20. The van der Waals surface area contributed by atoms with Crippen molar-refractivity contribution in [2.24, 2.45) is 0 Å². The van der Waals surface area contributed by atoms with Crippen LogP contribution in [-0.4, -0.2) is 10.9 Å². The molecule has 2 heterocycles. The number of rotatable bonds is 2. The third-order valence-corrected chi connectivity index (χ3v) is 3.67. The molecule has 1 N–H and O–H groups in total. The standard InChI is InChI=1S/C14H10N2OS/c17-14(16-13-7-3-4-8-15-13)12-9-10-5-1-2-6-11(10)18-12/h1-9H,(H,15,16,17). The lowest BCUT2D eigenvalue weighted by atomic mass is 10.2. The first-order valence-electron chi connectivity index (χ1n) is 5.54. The van der Waals surface area contributed by atoms with Crippen molar-refractivity contribution in [1.29, 1.82) is 0 Å². The molecule has 0 radical (unpaired) electrons. The molecule has 0 spiro atoms. The van der Waals surface area contributed by atoms with Crippen LogP contribution in [-0.2, 0) is 0 Å². The van der Waals surface area contributed by atoms with Gasteiger partial charge in [-0.2, -0.15) is 0 Å². The summed E-state index contributed by atoms with van der Waals surface area (Å²) in [5.74, 6) is 0.454. The van der Waals surface area contributed by atoms with Crippen LogP contribution in [0.1, 0.15) is 9.67 Å². The van der Waals surface area contributed by atoms with Crippen molar-refractivity contribution in [3.8, 4) is 0 Å². The molecule has 0 aliphatic carbocycles. The molecule has 3 rings (SSSR count). The second-order valence-corrected chi connectivity index (χ2v) is 4.90. The average molecular weight is 254 g/mol. The van der Waals surface area contributed by atoms with E-state index in [0.717, 1.165) is 10.1 Å². The van der Waals surface area contributed by atoms with Crippen molar-refractivity contribution in [2.75, 3.05) is 5.32 Å². The minimum atomic E-state index is -0.116. The molecule has 88 valence electrons. The van der Waals surface area contributed by atoms with Crippen molar-refractivity contribution in [3.63, 3.8) is 0 Å². The van der Waals surface area contributed by atoms with Crippen LogP contribution in [0, 0.1) is 0 Å². The quantitative estimate of drug-likeness (QED) is 0.760. The zero-order chi connectivity index (χ0) is 12.4. The number of carbonyl (C=O) groups excluding carboxylic acids is 1. The van der Waals surface area contributed by atoms with Crippen molar-refractivity contribution in [2.45, 2.75) is 0 Å². The summed E-state index contributed by atoms with van der Waals surface area (Å²) in [5, 5.41) is 3.87. The minimum Gasteiger partial charge on any atom is -0.306 e. The third kappa shape index (κ3) is 2.10. The van der Waals surface area contributed by atoms with Gasteiger partial charge < -0.3 is 5.32 Å². The maximum Gasteiger partial charge on any atom is 0.266 e. The van der Waals surface area contributed by atoms with Crippen LogP contribution in [0.2, 0.25) is 0 Å². The average Bonchev–Trinajstić information content (AvgIpc) is 2.84. The molecule has 0 saturated carbocycles. The van der Waals surface area contributed by atoms with Gasteiger partial charge in [-0.3, -0.25) is 4.79 Å². The molecular weight excluding hydrogens is 244 g/mol. The summed E-state index contributed by atoms with van der Waals surface area (Å²) in [4.78, 5) is 16.8. The lowest BCUT2D eigenvalue weighted by Crippen LogP contribution is -2.10. The van der Waals surface area contributed by atoms with Crippen LogP contribution < -0.4 is 5.32 Å². The van der Waals surface area contributed by atoms with Crippen LogP contribution >= 0.6 is 11.3 Å². The largest absolute Gasteiger partial charge is 0.306 e. The van der Waals surface area contributed by atoms with Gasteiger partial charge in [0.05, 0.1) is 4.88 Å². The number of nitrogens with zero attached hydrogens (tertiary/aromatic N) is 1. The molecule has 0 aliphatic rings. The SMILES string of the molecule is O=C(Nc1ccccn1)c1cc2ccccc2s1. The fraction of sp³-hybridized carbons (Fsp3) is 0. The third-order valence-electron chi connectivity index (χ3n) is 2.56. The molecule has 1 aromatic carbocycles. The van der Waals surface area contributed by atoms with Gasteiger partial charge in [-0.1, -0.05) is 24.3 Å². The molecule has 0 aliphatic heterocycles. The van der Waals surface area contributed by atoms with E-state index >= 15 is 0 Å². The molecule has 2 aromatic heterocycles. The van der Waals surface area contributed by atoms with E-state index in [9.17, 15) is 4.79 Å². The van der Waals surface area contributed by atoms with Crippen LogP contribution in [0.5, 0.6) is 0 Å². The molecule has 0 bridgehead atoms. The second kappa shape index (κ2) is 4.58. The van der Waals surface area contributed by atoms with E-state index in [1.54, 1.807) is 12.3 Å². The number of benzene rings is 1. The lowest BCUT2D eigenvalue weighted by Gasteiger charge is -2.00. The molecule has 0 unspecified atom stereocenters. The molecule has 0 saturated heterocycles. The lowest BCUT2D eigenvalue weighted by molar-refractivity contribution is 0.103. The van der Waals surface area contributed by atoms with Crippen LogP contribution in [0.15, 0.2) is 54.7 Å². The van der Waals surface area contributed by atoms with Crippen LogP contribution in [0.25, 0.3) is 10.1 Å². The summed E-state index contributed by atoms with van der Waals surface area (Å²) in [6.07, 6.45) is 1.65. The van der Waals surface area contributed by atoms with E-state index in [1.165, 1.54) is 11.3 Å². The molecule has 3 aromatic rings. The van der Waals surface area contributed by atoms with E-state index in [2.05, 4.69) is 10.3 Å². The highest BCUT2D eigenvalue weighted by Gasteiger charge is 2.10. The zero-order valence-corrected chi connectivity index (χ0v) is 10.3. The molecule has 0 fully saturated rings. The number of fused-ring (bicyclic) bond motifs is 1. The van der Waals surface area contributed by atoms with Gasteiger partial charge >= 0.3 is 0 Å².